The van der Waals surface area contributed by atoms with Gasteiger partial charge >= 0.3 is 0 Å². The smallest absolute Gasteiger partial charge is 0.143 e. The summed E-state index contributed by atoms with van der Waals surface area (Å²) in [4.78, 5) is 2.26. The maximum Gasteiger partial charge on any atom is 0.143 e. The molecule has 1 spiro atoms. The van der Waals surface area contributed by atoms with Crippen LogP contribution in [0, 0.1) is 22.6 Å². The van der Waals surface area contributed by atoms with Gasteiger partial charge in [0.1, 0.15) is 11.9 Å². The molecular weight excluding hydrogens is 239 g/mol. The van der Waals surface area contributed by atoms with Gasteiger partial charge in [-0.1, -0.05) is 12.8 Å². The van der Waals surface area contributed by atoms with Crippen LogP contribution < -0.4 is 4.90 Å². The van der Waals surface area contributed by atoms with Gasteiger partial charge in [0.2, 0.25) is 0 Å². The number of hydrogen-bond acceptors (Lipinski definition) is 2. The minimum absolute atomic E-state index is 0.132. The molecule has 3 heteroatoms. The summed E-state index contributed by atoms with van der Waals surface area (Å²) in [5.74, 6) is -0.402. The topological polar surface area (TPSA) is 27.0 Å². The van der Waals surface area contributed by atoms with Crippen LogP contribution in [0.1, 0.15) is 44.1 Å². The molecule has 0 amide bonds. The molecule has 19 heavy (non-hydrogen) atoms. The molecule has 0 radical (unpaired) electrons. The first-order valence-electron chi connectivity index (χ1n) is 7.17. The summed E-state index contributed by atoms with van der Waals surface area (Å²) in [7, 11) is 0. The summed E-state index contributed by atoms with van der Waals surface area (Å²) in [5, 5.41) is 8.76. The van der Waals surface area contributed by atoms with Gasteiger partial charge in [-0.2, -0.15) is 5.26 Å². The second kappa shape index (κ2) is 4.85. The highest BCUT2D eigenvalue weighted by Gasteiger charge is 2.36. The van der Waals surface area contributed by atoms with E-state index in [9.17, 15) is 4.39 Å². The fraction of sp³-hybridized carbons (Fsp3) is 0.562. The highest BCUT2D eigenvalue weighted by atomic mass is 19.1. The number of nitriles is 1. The molecule has 100 valence electrons. The molecule has 1 heterocycles. The fourth-order valence-corrected chi connectivity index (χ4v) is 3.66. The first kappa shape index (κ1) is 12.5. The monoisotopic (exact) mass is 258 g/mol. The Kier molecular flexibility index (Phi) is 3.18. The summed E-state index contributed by atoms with van der Waals surface area (Å²) in [6, 6.07) is 6.83. The van der Waals surface area contributed by atoms with Crippen molar-refractivity contribution >= 4 is 5.69 Å². The van der Waals surface area contributed by atoms with Gasteiger partial charge in [0, 0.05) is 18.8 Å². The minimum atomic E-state index is -0.402. The van der Waals surface area contributed by atoms with E-state index in [4.69, 9.17) is 5.26 Å². The molecule has 1 aromatic carbocycles. The van der Waals surface area contributed by atoms with Crippen LogP contribution in [0.5, 0.6) is 0 Å². The van der Waals surface area contributed by atoms with Crippen LogP contribution in [-0.4, -0.2) is 13.1 Å². The molecule has 0 N–H and O–H groups in total. The highest BCUT2D eigenvalue weighted by molar-refractivity contribution is 5.50. The summed E-state index contributed by atoms with van der Waals surface area (Å²) >= 11 is 0. The van der Waals surface area contributed by atoms with Gasteiger partial charge in [-0.15, -0.1) is 0 Å². The molecule has 1 saturated carbocycles. The molecule has 1 aromatic rings. The number of anilines is 1. The molecule has 2 nitrogen and oxygen atoms in total. The largest absolute Gasteiger partial charge is 0.371 e. The van der Waals surface area contributed by atoms with Gasteiger partial charge in [-0.05, 0) is 49.3 Å². The lowest BCUT2D eigenvalue weighted by Crippen LogP contribution is -2.38. The van der Waals surface area contributed by atoms with Crippen molar-refractivity contribution in [2.24, 2.45) is 5.41 Å². The van der Waals surface area contributed by atoms with E-state index in [1.54, 1.807) is 6.07 Å². The van der Waals surface area contributed by atoms with Crippen LogP contribution in [-0.2, 0) is 0 Å². The average Bonchev–Trinajstić information content (AvgIpc) is 2.88. The van der Waals surface area contributed by atoms with Crippen LogP contribution in [0.25, 0.3) is 0 Å². The van der Waals surface area contributed by atoms with E-state index in [0.29, 0.717) is 5.41 Å². The SMILES string of the molecule is N#Cc1ccc(N2CCC3(CCCC3)CC2)cc1F. The zero-order valence-corrected chi connectivity index (χ0v) is 11.2. The lowest BCUT2D eigenvalue weighted by atomic mass is 9.77. The van der Waals surface area contributed by atoms with Gasteiger partial charge in [-0.25, -0.2) is 4.39 Å². The Bertz CT molecular complexity index is 502. The predicted octanol–water partition coefficient (Wildman–Crippen LogP) is 3.86. The second-order valence-electron chi connectivity index (χ2n) is 5.97. The van der Waals surface area contributed by atoms with Crippen LogP contribution in [0.3, 0.4) is 0 Å². The van der Waals surface area contributed by atoms with Crippen molar-refractivity contribution in [3.05, 3.63) is 29.6 Å². The Morgan fingerprint density at radius 1 is 1.11 bits per heavy atom. The van der Waals surface area contributed by atoms with Crippen molar-refractivity contribution in [2.75, 3.05) is 18.0 Å². The molecule has 1 saturated heterocycles. The van der Waals surface area contributed by atoms with Gasteiger partial charge in [0.15, 0.2) is 0 Å². The van der Waals surface area contributed by atoms with Crippen LogP contribution in [0.2, 0.25) is 0 Å². The Morgan fingerprint density at radius 3 is 2.37 bits per heavy atom. The van der Waals surface area contributed by atoms with E-state index in [-0.39, 0.29) is 5.56 Å². The number of piperidine rings is 1. The Hall–Kier alpha value is -1.56. The molecule has 1 aliphatic heterocycles. The molecule has 0 aromatic heterocycles. The Balaban J connectivity index is 1.71. The highest BCUT2D eigenvalue weighted by Crippen LogP contribution is 2.46. The van der Waals surface area contributed by atoms with Crippen molar-refractivity contribution < 1.29 is 4.39 Å². The average molecular weight is 258 g/mol. The summed E-state index contributed by atoms with van der Waals surface area (Å²) in [6.07, 6.45) is 7.98. The van der Waals surface area contributed by atoms with Gasteiger partial charge in [0.05, 0.1) is 5.56 Å². The molecule has 2 aliphatic rings. The normalized spacial score (nSPS) is 21.6. The summed E-state index contributed by atoms with van der Waals surface area (Å²) in [6.45, 7) is 2.04. The van der Waals surface area contributed by atoms with Crippen molar-refractivity contribution in [2.45, 2.75) is 38.5 Å². The van der Waals surface area contributed by atoms with E-state index < -0.39 is 5.82 Å². The number of nitrogens with zero attached hydrogens (tertiary/aromatic N) is 2. The number of hydrogen-bond donors (Lipinski definition) is 0. The first-order chi connectivity index (χ1) is 9.22. The molecule has 3 rings (SSSR count). The lowest BCUT2D eigenvalue weighted by Gasteiger charge is -2.40. The van der Waals surface area contributed by atoms with Gasteiger partial charge in [-0.3, -0.25) is 0 Å². The molecule has 0 atom stereocenters. The Labute approximate surface area is 113 Å². The van der Waals surface area contributed by atoms with Crippen molar-refractivity contribution in [1.29, 1.82) is 5.26 Å². The molecule has 0 unspecified atom stereocenters. The number of benzene rings is 1. The third-order valence-corrected chi connectivity index (χ3v) is 4.93. The Morgan fingerprint density at radius 2 is 1.79 bits per heavy atom. The minimum Gasteiger partial charge on any atom is -0.371 e. The maximum absolute atomic E-state index is 13.7. The molecular formula is C16H19FN2. The molecule has 2 fully saturated rings. The van der Waals surface area contributed by atoms with E-state index in [1.165, 1.54) is 44.6 Å². The third-order valence-electron chi connectivity index (χ3n) is 4.93. The van der Waals surface area contributed by atoms with Crippen LogP contribution in [0.4, 0.5) is 10.1 Å². The van der Waals surface area contributed by atoms with Crippen LogP contribution in [0.15, 0.2) is 18.2 Å². The van der Waals surface area contributed by atoms with Crippen molar-refractivity contribution in [3.63, 3.8) is 0 Å². The number of rotatable bonds is 1. The summed E-state index contributed by atoms with van der Waals surface area (Å²) in [5.41, 5.74) is 1.64. The van der Waals surface area contributed by atoms with Crippen molar-refractivity contribution in [3.8, 4) is 6.07 Å². The first-order valence-corrected chi connectivity index (χ1v) is 7.17. The van der Waals surface area contributed by atoms with E-state index in [0.717, 1.165) is 18.8 Å². The molecule has 0 bridgehead atoms. The third kappa shape index (κ3) is 2.32. The predicted molar refractivity (Wildman–Crippen MR) is 73.5 cm³/mol. The molecule has 1 aliphatic carbocycles. The lowest BCUT2D eigenvalue weighted by molar-refractivity contribution is 0.226. The van der Waals surface area contributed by atoms with E-state index >= 15 is 0 Å². The standard InChI is InChI=1S/C16H19FN2/c17-15-11-14(4-3-13(15)12-18)19-9-7-16(8-10-19)5-1-2-6-16/h3-4,11H,1-2,5-10H2. The summed E-state index contributed by atoms with van der Waals surface area (Å²) < 4.78 is 13.7. The fourth-order valence-electron chi connectivity index (χ4n) is 3.66. The quantitative estimate of drug-likeness (QED) is 0.765. The van der Waals surface area contributed by atoms with Gasteiger partial charge in [0.25, 0.3) is 0 Å². The van der Waals surface area contributed by atoms with Gasteiger partial charge < -0.3 is 4.90 Å². The second-order valence-corrected chi connectivity index (χ2v) is 5.97. The van der Waals surface area contributed by atoms with Crippen LogP contribution >= 0.6 is 0 Å². The van der Waals surface area contributed by atoms with Crippen molar-refractivity contribution in [1.82, 2.24) is 0 Å². The maximum atomic E-state index is 13.7. The zero-order chi connectivity index (χ0) is 13.3. The van der Waals surface area contributed by atoms with E-state index in [1.807, 2.05) is 12.1 Å². The van der Waals surface area contributed by atoms with E-state index in [2.05, 4.69) is 4.90 Å². The number of halogens is 1. The zero-order valence-electron chi connectivity index (χ0n) is 11.2.